The zero-order valence-electron chi connectivity index (χ0n) is 11.3. The van der Waals surface area contributed by atoms with E-state index in [-0.39, 0.29) is 23.2 Å². The Morgan fingerprint density at radius 1 is 1.48 bits per heavy atom. The third kappa shape index (κ3) is 3.61. The van der Waals surface area contributed by atoms with E-state index in [0.29, 0.717) is 30.8 Å². The van der Waals surface area contributed by atoms with Crippen molar-refractivity contribution in [3.8, 4) is 5.75 Å². The number of carbonyl (C=O) groups is 1. The Morgan fingerprint density at radius 2 is 2.14 bits per heavy atom. The highest BCUT2D eigenvalue weighted by atomic mass is 79.9. The molecule has 1 heterocycles. The highest BCUT2D eigenvalue weighted by Crippen LogP contribution is 2.38. The lowest BCUT2D eigenvalue weighted by molar-refractivity contribution is -0.385. The molecule has 1 N–H and O–H groups in total. The van der Waals surface area contributed by atoms with Crippen molar-refractivity contribution in [2.75, 3.05) is 38.7 Å². The number of ether oxygens (including phenoxy) is 2. The Labute approximate surface area is 129 Å². The first-order valence-electron chi connectivity index (χ1n) is 6.18. The molecule has 0 saturated carbocycles. The van der Waals surface area contributed by atoms with Gasteiger partial charge in [-0.05, 0) is 6.07 Å². The van der Waals surface area contributed by atoms with Crippen molar-refractivity contribution in [2.45, 2.75) is 0 Å². The number of nitrogens with one attached hydrogen (secondary N) is 1. The maximum absolute atomic E-state index is 12.1. The van der Waals surface area contributed by atoms with Gasteiger partial charge in [-0.3, -0.25) is 10.1 Å². The van der Waals surface area contributed by atoms with Gasteiger partial charge in [0.25, 0.3) is 0 Å². The van der Waals surface area contributed by atoms with Gasteiger partial charge in [-0.1, -0.05) is 15.9 Å². The molecule has 1 aromatic carbocycles. The average Bonchev–Trinajstić information content (AvgIpc) is 2.47. The van der Waals surface area contributed by atoms with Crippen molar-refractivity contribution in [3.05, 3.63) is 26.7 Å². The summed E-state index contributed by atoms with van der Waals surface area (Å²) in [6.45, 7) is 1.90. The molecule has 0 atom stereocenters. The van der Waals surface area contributed by atoms with E-state index in [0.717, 1.165) is 0 Å². The Hall–Kier alpha value is -1.87. The van der Waals surface area contributed by atoms with Crippen LogP contribution in [0.1, 0.15) is 0 Å². The minimum Gasteiger partial charge on any atom is -0.489 e. The van der Waals surface area contributed by atoms with E-state index in [4.69, 9.17) is 9.47 Å². The van der Waals surface area contributed by atoms with Gasteiger partial charge in [-0.25, -0.2) is 4.79 Å². The number of amides is 2. The van der Waals surface area contributed by atoms with Crippen molar-refractivity contribution < 1.29 is 19.2 Å². The summed E-state index contributed by atoms with van der Waals surface area (Å²) >= 11 is 3.19. The predicted molar refractivity (Wildman–Crippen MR) is 78.8 cm³/mol. The first-order valence-corrected chi connectivity index (χ1v) is 6.98. The molecule has 0 bridgehead atoms. The van der Waals surface area contributed by atoms with Gasteiger partial charge in [0.15, 0.2) is 0 Å². The molecule has 21 heavy (non-hydrogen) atoms. The summed E-state index contributed by atoms with van der Waals surface area (Å²) in [4.78, 5) is 24.2. The van der Waals surface area contributed by atoms with Gasteiger partial charge in [0.2, 0.25) is 5.75 Å². The first-order chi connectivity index (χ1) is 10.0. The van der Waals surface area contributed by atoms with E-state index in [1.54, 1.807) is 11.0 Å². The number of hydrogen-bond acceptors (Lipinski definition) is 5. The van der Waals surface area contributed by atoms with Crippen LogP contribution in [0, 0.1) is 10.1 Å². The Bertz CT molecular complexity index is 560. The van der Waals surface area contributed by atoms with E-state index >= 15 is 0 Å². The van der Waals surface area contributed by atoms with Gasteiger partial charge in [0.05, 0.1) is 30.9 Å². The molecule has 114 valence electrons. The quantitative estimate of drug-likeness (QED) is 0.659. The van der Waals surface area contributed by atoms with Crippen LogP contribution in [0.5, 0.6) is 5.75 Å². The highest BCUT2D eigenvalue weighted by Gasteiger charge is 2.23. The number of methoxy groups -OCH3 is 1. The van der Waals surface area contributed by atoms with Crippen molar-refractivity contribution in [3.63, 3.8) is 0 Å². The van der Waals surface area contributed by atoms with Gasteiger partial charge in [-0.15, -0.1) is 0 Å². The number of halogens is 1. The molecule has 1 saturated heterocycles. The van der Waals surface area contributed by atoms with Gasteiger partial charge < -0.3 is 19.7 Å². The van der Waals surface area contributed by atoms with Crippen LogP contribution < -0.4 is 10.1 Å². The molecule has 2 amide bonds. The topological polar surface area (TPSA) is 93.9 Å². The van der Waals surface area contributed by atoms with Gasteiger partial charge >= 0.3 is 11.7 Å². The molecule has 0 radical (unpaired) electrons. The number of nitro benzene ring substituents is 1. The molecule has 1 aliphatic rings. The van der Waals surface area contributed by atoms with Gasteiger partial charge in [0.1, 0.15) is 0 Å². The molecule has 0 unspecified atom stereocenters. The Morgan fingerprint density at radius 3 is 2.71 bits per heavy atom. The first kappa shape index (κ1) is 15.5. The van der Waals surface area contributed by atoms with E-state index < -0.39 is 4.92 Å². The number of carbonyl (C=O) groups excluding carboxylic acids is 1. The van der Waals surface area contributed by atoms with Crippen LogP contribution in [0.2, 0.25) is 0 Å². The Kier molecular flexibility index (Phi) is 4.97. The molecule has 9 heteroatoms. The summed E-state index contributed by atoms with van der Waals surface area (Å²) in [5.74, 6) is 0.0183. The van der Waals surface area contributed by atoms with Crippen LogP contribution in [-0.4, -0.2) is 49.3 Å². The predicted octanol–water partition coefficient (Wildman–Crippen LogP) is 2.23. The lowest BCUT2D eigenvalue weighted by Crippen LogP contribution is -2.43. The van der Waals surface area contributed by atoms with Crippen LogP contribution in [0.15, 0.2) is 16.6 Å². The van der Waals surface area contributed by atoms with Crippen LogP contribution >= 0.6 is 15.9 Å². The minimum absolute atomic E-state index is 0.0183. The second-order valence-electron chi connectivity index (χ2n) is 4.29. The Balaban J connectivity index is 2.26. The van der Waals surface area contributed by atoms with Crippen molar-refractivity contribution in [1.29, 1.82) is 0 Å². The monoisotopic (exact) mass is 359 g/mol. The number of rotatable bonds is 3. The molecule has 1 aromatic rings. The smallest absolute Gasteiger partial charge is 0.322 e. The molecule has 2 rings (SSSR count). The van der Waals surface area contributed by atoms with E-state index in [2.05, 4.69) is 21.2 Å². The van der Waals surface area contributed by atoms with Crippen LogP contribution in [-0.2, 0) is 4.74 Å². The van der Waals surface area contributed by atoms with Crippen molar-refractivity contribution in [1.82, 2.24) is 4.90 Å². The van der Waals surface area contributed by atoms with Crippen molar-refractivity contribution >= 4 is 33.3 Å². The van der Waals surface area contributed by atoms with E-state index in [1.165, 1.54) is 13.2 Å². The number of nitrogens with zero attached hydrogens (tertiary/aromatic N) is 2. The molecule has 0 spiro atoms. The maximum Gasteiger partial charge on any atom is 0.322 e. The summed E-state index contributed by atoms with van der Waals surface area (Å²) in [5.41, 5.74) is 0.0271. The fraction of sp³-hybridized carbons (Fsp3) is 0.417. The fourth-order valence-corrected chi connectivity index (χ4v) is 2.43. The number of nitro groups is 1. The number of hydrogen-bond donors (Lipinski definition) is 1. The minimum atomic E-state index is -0.562. The molecular weight excluding hydrogens is 346 g/mol. The normalized spacial score (nSPS) is 14.7. The summed E-state index contributed by atoms with van der Waals surface area (Å²) in [6.07, 6.45) is 0. The summed E-state index contributed by atoms with van der Waals surface area (Å²) in [5, 5.41) is 13.7. The number of urea groups is 1. The van der Waals surface area contributed by atoms with Gasteiger partial charge in [0, 0.05) is 23.6 Å². The number of morpholine rings is 1. The van der Waals surface area contributed by atoms with Crippen molar-refractivity contribution in [2.24, 2.45) is 0 Å². The van der Waals surface area contributed by atoms with E-state index in [1.807, 2.05) is 0 Å². The lowest BCUT2D eigenvalue weighted by atomic mass is 10.2. The largest absolute Gasteiger partial charge is 0.489 e. The molecular formula is C12H14BrN3O5. The zero-order chi connectivity index (χ0) is 15.4. The van der Waals surface area contributed by atoms with E-state index in [9.17, 15) is 14.9 Å². The van der Waals surface area contributed by atoms with Crippen LogP contribution in [0.25, 0.3) is 0 Å². The molecule has 1 aliphatic heterocycles. The molecule has 1 fully saturated rings. The zero-order valence-corrected chi connectivity index (χ0v) is 12.9. The SMILES string of the molecule is COc1c(NC(=O)N2CCOCC2)cc(Br)cc1[N+](=O)[O-]. The fourth-order valence-electron chi connectivity index (χ4n) is 1.98. The summed E-state index contributed by atoms with van der Waals surface area (Å²) in [7, 11) is 1.32. The third-order valence-corrected chi connectivity index (χ3v) is 3.43. The second-order valence-corrected chi connectivity index (χ2v) is 5.21. The standard InChI is InChI=1S/C12H14BrN3O5/c1-20-11-9(6-8(13)7-10(11)16(18)19)14-12(17)15-2-4-21-5-3-15/h6-7H,2-5H2,1H3,(H,14,17). The summed E-state index contributed by atoms with van der Waals surface area (Å²) in [6, 6.07) is 2.54. The maximum atomic E-state index is 12.1. The number of anilines is 1. The number of benzene rings is 1. The van der Waals surface area contributed by atoms with Gasteiger partial charge in [-0.2, -0.15) is 0 Å². The average molecular weight is 360 g/mol. The summed E-state index contributed by atoms with van der Waals surface area (Å²) < 4.78 is 10.7. The highest BCUT2D eigenvalue weighted by molar-refractivity contribution is 9.10. The second kappa shape index (κ2) is 6.72. The third-order valence-electron chi connectivity index (χ3n) is 2.97. The molecule has 0 aromatic heterocycles. The molecule has 8 nitrogen and oxygen atoms in total. The molecule has 0 aliphatic carbocycles. The van der Waals surface area contributed by atoms with Crippen LogP contribution in [0.3, 0.4) is 0 Å². The van der Waals surface area contributed by atoms with Crippen LogP contribution in [0.4, 0.5) is 16.2 Å². The lowest BCUT2D eigenvalue weighted by Gasteiger charge is -2.27.